The van der Waals surface area contributed by atoms with Gasteiger partial charge in [-0.15, -0.1) is 0 Å². The largest absolute Gasteiger partial charge is 0.269 e. The van der Waals surface area contributed by atoms with Crippen molar-refractivity contribution in [2.75, 3.05) is 6.54 Å². The van der Waals surface area contributed by atoms with Crippen LogP contribution < -0.4 is 5.56 Å². The SMILES string of the molecule is Cc1ccc(-c2nn(C)c(=O)c3c2CCCC3)cc1S(=O)(=O)N1CCc2ccccc2C1. The average molecular weight is 450 g/mol. The van der Waals surface area contributed by atoms with E-state index in [1.54, 1.807) is 17.4 Å². The average Bonchev–Trinajstić information content (AvgIpc) is 2.81. The number of benzene rings is 2. The van der Waals surface area contributed by atoms with Crippen LogP contribution in [0, 0.1) is 6.92 Å². The van der Waals surface area contributed by atoms with Gasteiger partial charge >= 0.3 is 0 Å². The number of hydrogen-bond acceptors (Lipinski definition) is 4. The second-order valence-corrected chi connectivity index (χ2v) is 10.7. The zero-order valence-corrected chi connectivity index (χ0v) is 19.3. The van der Waals surface area contributed by atoms with Gasteiger partial charge in [0.2, 0.25) is 10.0 Å². The van der Waals surface area contributed by atoms with E-state index in [1.807, 2.05) is 37.3 Å². The zero-order valence-electron chi connectivity index (χ0n) is 18.5. The highest BCUT2D eigenvalue weighted by atomic mass is 32.2. The molecule has 1 aromatic heterocycles. The van der Waals surface area contributed by atoms with E-state index in [9.17, 15) is 13.2 Å². The van der Waals surface area contributed by atoms with E-state index >= 15 is 0 Å². The van der Waals surface area contributed by atoms with E-state index in [2.05, 4.69) is 11.2 Å². The molecule has 2 aromatic carbocycles. The Hall–Kier alpha value is -2.77. The van der Waals surface area contributed by atoms with Crippen molar-refractivity contribution >= 4 is 10.0 Å². The Morgan fingerprint density at radius 1 is 0.938 bits per heavy atom. The van der Waals surface area contributed by atoms with E-state index in [4.69, 9.17) is 0 Å². The third-order valence-electron chi connectivity index (χ3n) is 6.73. The number of aromatic nitrogens is 2. The van der Waals surface area contributed by atoms with E-state index in [1.165, 1.54) is 10.2 Å². The molecule has 0 bridgehead atoms. The Kier molecular flexibility index (Phi) is 5.26. The van der Waals surface area contributed by atoms with Crippen LogP contribution in [0.15, 0.2) is 52.2 Å². The normalized spacial score (nSPS) is 16.4. The third-order valence-corrected chi connectivity index (χ3v) is 8.72. The molecular weight excluding hydrogens is 422 g/mol. The van der Waals surface area contributed by atoms with Gasteiger partial charge in [-0.1, -0.05) is 36.4 Å². The van der Waals surface area contributed by atoms with Crippen molar-refractivity contribution in [2.24, 2.45) is 7.05 Å². The molecule has 0 spiro atoms. The summed E-state index contributed by atoms with van der Waals surface area (Å²) in [6.45, 7) is 2.68. The number of rotatable bonds is 3. The van der Waals surface area contributed by atoms with Crippen LogP contribution in [0.1, 0.15) is 40.7 Å². The predicted molar refractivity (Wildman–Crippen MR) is 124 cm³/mol. The first kappa shape index (κ1) is 21.1. The molecule has 0 unspecified atom stereocenters. The van der Waals surface area contributed by atoms with Gasteiger partial charge in [-0.2, -0.15) is 9.40 Å². The van der Waals surface area contributed by atoms with Crippen LogP contribution >= 0.6 is 0 Å². The summed E-state index contributed by atoms with van der Waals surface area (Å²) in [6, 6.07) is 13.5. The number of hydrogen-bond donors (Lipinski definition) is 0. The monoisotopic (exact) mass is 449 g/mol. The standard InChI is InChI=1S/C25H27N3O3S/c1-17-11-12-19(24-21-9-5-6-10-22(21)25(29)27(2)26-24)15-23(17)32(30,31)28-14-13-18-7-3-4-8-20(18)16-28/h3-4,7-8,11-12,15H,5-6,9-10,13-14,16H2,1-2H3. The topological polar surface area (TPSA) is 72.3 Å². The molecule has 0 saturated carbocycles. The summed E-state index contributed by atoms with van der Waals surface area (Å²) in [5.41, 5.74) is 6.21. The molecule has 5 rings (SSSR count). The maximum atomic E-state index is 13.7. The van der Waals surface area contributed by atoms with Crippen LogP contribution in [0.5, 0.6) is 0 Å². The molecule has 0 atom stereocenters. The van der Waals surface area contributed by atoms with Gasteiger partial charge < -0.3 is 0 Å². The van der Waals surface area contributed by atoms with Crippen LogP contribution in [0.3, 0.4) is 0 Å². The molecule has 2 aliphatic rings. The van der Waals surface area contributed by atoms with Gasteiger partial charge in [-0.25, -0.2) is 13.1 Å². The predicted octanol–water partition coefficient (Wildman–Crippen LogP) is 3.38. The lowest BCUT2D eigenvalue weighted by Crippen LogP contribution is -2.36. The van der Waals surface area contributed by atoms with Crippen molar-refractivity contribution in [3.8, 4) is 11.3 Å². The lowest BCUT2D eigenvalue weighted by atomic mass is 9.89. The highest BCUT2D eigenvalue weighted by Crippen LogP contribution is 2.32. The maximum absolute atomic E-state index is 13.7. The molecule has 0 amide bonds. The summed E-state index contributed by atoms with van der Waals surface area (Å²) in [4.78, 5) is 12.9. The van der Waals surface area contributed by atoms with Gasteiger partial charge in [0.15, 0.2) is 0 Å². The molecule has 3 aromatic rings. The zero-order chi connectivity index (χ0) is 22.5. The van der Waals surface area contributed by atoms with Crippen molar-refractivity contribution < 1.29 is 8.42 Å². The van der Waals surface area contributed by atoms with Crippen LogP contribution in [0.2, 0.25) is 0 Å². The quantitative estimate of drug-likeness (QED) is 0.615. The summed E-state index contributed by atoms with van der Waals surface area (Å²) >= 11 is 0. The van der Waals surface area contributed by atoms with Gasteiger partial charge in [-0.3, -0.25) is 4.79 Å². The first-order valence-corrected chi connectivity index (χ1v) is 12.6. The molecule has 0 saturated heterocycles. The Labute approximate surface area is 188 Å². The lowest BCUT2D eigenvalue weighted by Gasteiger charge is -2.29. The van der Waals surface area contributed by atoms with Gasteiger partial charge in [-0.05, 0) is 67.3 Å². The van der Waals surface area contributed by atoms with E-state index < -0.39 is 10.0 Å². The van der Waals surface area contributed by atoms with Crippen molar-refractivity contribution in [1.82, 2.24) is 14.1 Å². The van der Waals surface area contributed by atoms with E-state index in [0.717, 1.165) is 53.6 Å². The second kappa shape index (κ2) is 7.98. The Balaban J connectivity index is 1.59. The van der Waals surface area contributed by atoms with E-state index in [-0.39, 0.29) is 5.56 Å². The molecule has 1 aliphatic carbocycles. The van der Waals surface area contributed by atoms with Crippen molar-refractivity contribution in [2.45, 2.75) is 50.5 Å². The van der Waals surface area contributed by atoms with E-state index in [0.29, 0.717) is 30.0 Å². The van der Waals surface area contributed by atoms with Gasteiger partial charge in [0, 0.05) is 31.3 Å². The molecule has 2 heterocycles. The fraction of sp³-hybridized carbons (Fsp3) is 0.360. The number of nitrogens with zero attached hydrogens (tertiary/aromatic N) is 3. The Morgan fingerprint density at radius 3 is 2.44 bits per heavy atom. The van der Waals surface area contributed by atoms with Gasteiger partial charge in [0.1, 0.15) is 0 Å². The van der Waals surface area contributed by atoms with Crippen molar-refractivity contribution in [3.63, 3.8) is 0 Å². The van der Waals surface area contributed by atoms with Crippen LogP contribution in [0.4, 0.5) is 0 Å². The fourth-order valence-electron chi connectivity index (χ4n) is 4.93. The van der Waals surface area contributed by atoms with Crippen LogP contribution in [0.25, 0.3) is 11.3 Å². The highest BCUT2D eigenvalue weighted by molar-refractivity contribution is 7.89. The summed E-state index contributed by atoms with van der Waals surface area (Å²) in [5, 5.41) is 4.55. The van der Waals surface area contributed by atoms with Gasteiger partial charge in [0.25, 0.3) is 5.56 Å². The smallest absolute Gasteiger partial charge is 0.268 e. The first-order chi connectivity index (χ1) is 15.4. The number of sulfonamides is 1. The molecule has 0 radical (unpaired) electrons. The van der Waals surface area contributed by atoms with Crippen LogP contribution in [-0.2, 0) is 42.9 Å². The fourth-order valence-corrected chi connectivity index (χ4v) is 6.59. The molecule has 1 aliphatic heterocycles. The molecule has 6 nitrogen and oxygen atoms in total. The molecule has 7 heteroatoms. The highest BCUT2D eigenvalue weighted by Gasteiger charge is 2.30. The number of aryl methyl sites for hydroxylation is 2. The minimum atomic E-state index is -3.67. The molecule has 32 heavy (non-hydrogen) atoms. The molecular formula is C25H27N3O3S. The summed E-state index contributed by atoms with van der Waals surface area (Å²) in [7, 11) is -2.00. The van der Waals surface area contributed by atoms with Crippen molar-refractivity contribution in [3.05, 3.63) is 80.6 Å². The second-order valence-electron chi connectivity index (χ2n) is 8.78. The molecule has 0 N–H and O–H groups in total. The lowest BCUT2D eigenvalue weighted by molar-refractivity contribution is 0.391. The summed E-state index contributed by atoms with van der Waals surface area (Å²) in [5.74, 6) is 0. The Morgan fingerprint density at radius 2 is 1.66 bits per heavy atom. The first-order valence-electron chi connectivity index (χ1n) is 11.1. The Bertz CT molecular complexity index is 1380. The summed E-state index contributed by atoms with van der Waals surface area (Å²) < 4.78 is 30.3. The number of fused-ring (bicyclic) bond motifs is 2. The van der Waals surface area contributed by atoms with Crippen molar-refractivity contribution in [1.29, 1.82) is 0 Å². The molecule has 166 valence electrons. The van der Waals surface area contributed by atoms with Crippen LogP contribution in [-0.4, -0.2) is 29.0 Å². The maximum Gasteiger partial charge on any atom is 0.269 e. The van der Waals surface area contributed by atoms with Gasteiger partial charge in [0.05, 0.1) is 10.6 Å². The summed E-state index contributed by atoms with van der Waals surface area (Å²) in [6.07, 6.45) is 4.27. The molecule has 0 fully saturated rings. The third kappa shape index (κ3) is 3.49. The minimum absolute atomic E-state index is 0.0459. The minimum Gasteiger partial charge on any atom is -0.268 e.